The second kappa shape index (κ2) is 5.45. The van der Waals surface area contributed by atoms with Crippen LogP contribution < -0.4 is 15.7 Å². The lowest BCUT2D eigenvalue weighted by Crippen LogP contribution is -2.22. The number of benzene rings is 1. The van der Waals surface area contributed by atoms with Crippen LogP contribution in [-0.4, -0.2) is 17.9 Å². The summed E-state index contributed by atoms with van der Waals surface area (Å²) in [5.41, 5.74) is 1.56. The van der Waals surface area contributed by atoms with Crippen LogP contribution in [0, 0.1) is 6.92 Å². The first-order valence-corrected chi connectivity index (χ1v) is 6.70. The molecule has 0 aliphatic carbocycles. The molecule has 1 aliphatic rings. The fourth-order valence-corrected chi connectivity index (χ4v) is 2.21. The number of aryl methyl sites for hydroxylation is 1. The van der Waals surface area contributed by atoms with Crippen molar-refractivity contribution >= 4 is 24.0 Å². The lowest BCUT2D eigenvalue weighted by atomic mass is 10.0. The highest BCUT2D eigenvalue weighted by molar-refractivity contribution is 6.13. The van der Waals surface area contributed by atoms with E-state index in [0.717, 1.165) is 5.56 Å². The highest BCUT2D eigenvalue weighted by Gasteiger charge is 2.23. The van der Waals surface area contributed by atoms with Crippen molar-refractivity contribution in [3.05, 3.63) is 52.9 Å². The Bertz CT molecular complexity index is 863. The molecule has 3 amide bonds. The van der Waals surface area contributed by atoms with Crippen molar-refractivity contribution in [3.8, 4) is 11.3 Å². The minimum atomic E-state index is -1.27. The number of carbonyl (C=O) groups excluding carboxylic acids is 3. The predicted molar refractivity (Wildman–Crippen MR) is 77.9 cm³/mol. The van der Waals surface area contributed by atoms with E-state index in [9.17, 15) is 19.5 Å². The molecule has 1 saturated heterocycles. The molecule has 3 rings (SSSR count). The Kier molecular flexibility index (Phi) is 3.46. The van der Waals surface area contributed by atoms with Crippen molar-refractivity contribution < 1.29 is 23.9 Å². The quantitative estimate of drug-likeness (QED) is 0.643. The van der Waals surface area contributed by atoms with E-state index in [1.54, 1.807) is 18.2 Å². The summed E-state index contributed by atoms with van der Waals surface area (Å²) < 4.78 is 5.61. The van der Waals surface area contributed by atoms with Crippen LogP contribution in [0.15, 0.2) is 40.4 Å². The van der Waals surface area contributed by atoms with E-state index in [-0.39, 0.29) is 11.3 Å². The van der Waals surface area contributed by atoms with Crippen LogP contribution in [0.4, 0.5) is 4.79 Å². The highest BCUT2D eigenvalue weighted by atomic mass is 16.4. The first-order chi connectivity index (χ1) is 10.9. The summed E-state index contributed by atoms with van der Waals surface area (Å²) in [6.07, 6.45) is 1.39. The standard InChI is InChI=1S/C16H12N2O5/c1-8-2-3-9(15(20)21)6-11(8)13-5-4-10(23-13)7-12-14(19)18-16(22)17-12/h2-7H,1H3,(H,20,21)(H2,17,18,19,22)/p-1. The predicted octanol–water partition coefficient (Wildman–Crippen LogP) is 0.799. The van der Waals surface area contributed by atoms with Gasteiger partial charge in [0.25, 0.3) is 5.91 Å². The maximum atomic E-state index is 11.5. The van der Waals surface area contributed by atoms with Crippen LogP contribution in [0.5, 0.6) is 0 Å². The molecule has 1 aromatic heterocycles. The molecule has 7 nitrogen and oxygen atoms in total. The van der Waals surface area contributed by atoms with E-state index in [1.807, 2.05) is 6.92 Å². The minimum absolute atomic E-state index is 0.0457. The monoisotopic (exact) mass is 311 g/mol. The molecule has 0 unspecified atom stereocenters. The van der Waals surface area contributed by atoms with E-state index in [2.05, 4.69) is 10.6 Å². The third-order valence-corrected chi connectivity index (χ3v) is 3.37. The van der Waals surface area contributed by atoms with Gasteiger partial charge in [-0.15, -0.1) is 0 Å². The van der Waals surface area contributed by atoms with Gasteiger partial charge in [0.1, 0.15) is 17.2 Å². The molecule has 116 valence electrons. The molecule has 7 heteroatoms. The summed E-state index contributed by atoms with van der Waals surface area (Å²) in [6.45, 7) is 1.82. The number of hydrogen-bond acceptors (Lipinski definition) is 5. The van der Waals surface area contributed by atoms with Crippen molar-refractivity contribution in [2.75, 3.05) is 0 Å². The maximum Gasteiger partial charge on any atom is 0.326 e. The lowest BCUT2D eigenvalue weighted by molar-refractivity contribution is -0.255. The Balaban J connectivity index is 1.95. The Labute approximate surface area is 130 Å². The van der Waals surface area contributed by atoms with Crippen LogP contribution in [0.3, 0.4) is 0 Å². The van der Waals surface area contributed by atoms with E-state index < -0.39 is 17.9 Å². The summed E-state index contributed by atoms with van der Waals surface area (Å²) in [4.78, 5) is 33.5. The highest BCUT2D eigenvalue weighted by Crippen LogP contribution is 2.27. The average Bonchev–Trinajstić information content (AvgIpc) is 3.06. The van der Waals surface area contributed by atoms with Gasteiger partial charge in [-0.25, -0.2) is 4.79 Å². The second-order valence-electron chi connectivity index (χ2n) is 4.99. The molecule has 1 aliphatic heterocycles. The molecule has 0 bridgehead atoms. The summed E-state index contributed by atoms with van der Waals surface area (Å²) in [5.74, 6) is -1.01. The molecule has 0 spiro atoms. The Morgan fingerprint density at radius 1 is 1.17 bits per heavy atom. The number of hydrogen-bond donors (Lipinski definition) is 2. The summed E-state index contributed by atoms with van der Waals surface area (Å²) in [6, 6.07) is 7.26. The third kappa shape index (κ3) is 2.84. The zero-order chi connectivity index (χ0) is 16.6. The van der Waals surface area contributed by atoms with Crippen molar-refractivity contribution in [3.63, 3.8) is 0 Å². The molecule has 0 radical (unpaired) electrons. The number of nitrogens with one attached hydrogen (secondary N) is 2. The number of rotatable bonds is 3. The molecular weight excluding hydrogens is 300 g/mol. The number of imide groups is 1. The zero-order valence-corrected chi connectivity index (χ0v) is 12.0. The van der Waals surface area contributed by atoms with Gasteiger partial charge >= 0.3 is 6.03 Å². The van der Waals surface area contributed by atoms with Crippen LogP contribution >= 0.6 is 0 Å². The Morgan fingerprint density at radius 2 is 1.96 bits per heavy atom. The van der Waals surface area contributed by atoms with Gasteiger partial charge < -0.3 is 19.6 Å². The number of carboxylic acids is 1. The van der Waals surface area contributed by atoms with Crippen LogP contribution in [0.2, 0.25) is 0 Å². The van der Waals surface area contributed by atoms with Gasteiger partial charge in [0.15, 0.2) is 0 Å². The van der Waals surface area contributed by atoms with Crippen LogP contribution in [0.25, 0.3) is 17.4 Å². The molecular formula is C16H11N2O5-. The topological polar surface area (TPSA) is 111 Å². The SMILES string of the molecule is Cc1ccc(C(=O)[O-])cc1-c1ccc(C=C2NC(=O)NC2=O)o1. The molecule has 0 atom stereocenters. The van der Waals surface area contributed by atoms with Gasteiger partial charge in [-0.3, -0.25) is 10.1 Å². The first-order valence-electron chi connectivity index (χ1n) is 6.70. The third-order valence-electron chi connectivity index (χ3n) is 3.37. The summed E-state index contributed by atoms with van der Waals surface area (Å²) in [5, 5.41) is 15.4. The lowest BCUT2D eigenvalue weighted by Gasteiger charge is -2.07. The van der Waals surface area contributed by atoms with Crippen molar-refractivity contribution in [2.24, 2.45) is 0 Å². The van der Waals surface area contributed by atoms with Gasteiger partial charge in [0.05, 0.1) is 5.97 Å². The summed E-state index contributed by atoms with van der Waals surface area (Å²) >= 11 is 0. The smallest absolute Gasteiger partial charge is 0.326 e. The van der Waals surface area contributed by atoms with E-state index in [0.29, 0.717) is 17.1 Å². The number of amides is 3. The average molecular weight is 311 g/mol. The normalized spacial score (nSPS) is 15.6. The number of carbonyl (C=O) groups is 3. The van der Waals surface area contributed by atoms with E-state index >= 15 is 0 Å². The fraction of sp³-hybridized carbons (Fsp3) is 0.0625. The van der Waals surface area contributed by atoms with Gasteiger partial charge in [-0.05, 0) is 36.2 Å². The van der Waals surface area contributed by atoms with Gasteiger partial charge in [0.2, 0.25) is 0 Å². The number of furan rings is 1. The molecule has 1 fully saturated rings. The largest absolute Gasteiger partial charge is 0.545 e. The molecule has 23 heavy (non-hydrogen) atoms. The Hall–Kier alpha value is -3.35. The zero-order valence-electron chi connectivity index (χ0n) is 12.0. The fourth-order valence-electron chi connectivity index (χ4n) is 2.21. The van der Waals surface area contributed by atoms with E-state index in [1.165, 1.54) is 18.2 Å². The molecule has 2 heterocycles. The number of carboxylic acid groups (broad SMARTS) is 1. The van der Waals surface area contributed by atoms with Gasteiger partial charge in [0, 0.05) is 11.6 Å². The second-order valence-corrected chi connectivity index (χ2v) is 4.99. The maximum absolute atomic E-state index is 11.5. The van der Waals surface area contributed by atoms with E-state index in [4.69, 9.17) is 4.42 Å². The van der Waals surface area contributed by atoms with Crippen LogP contribution in [0.1, 0.15) is 21.7 Å². The van der Waals surface area contributed by atoms with Crippen LogP contribution in [-0.2, 0) is 4.79 Å². The van der Waals surface area contributed by atoms with Crippen molar-refractivity contribution in [1.82, 2.24) is 10.6 Å². The van der Waals surface area contributed by atoms with Gasteiger partial charge in [-0.2, -0.15) is 0 Å². The summed E-state index contributed by atoms with van der Waals surface area (Å²) in [7, 11) is 0. The Morgan fingerprint density at radius 3 is 2.61 bits per heavy atom. The van der Waals surface area contributed by atoms with Gasteiger partial charge in [-0.1, -0.05) is 12.1 Å². The molecule has 1 aromatic carbocycles. The molecule has 2 N–H and O–H groups in total. The molecule has 2 aromatic rings. The van der Waals surface area contributed by atoms with Crippen molar-refractivity contribution in [2.45, 2.75) is 6.92 Å². The number of urea groups is 1. The number of aromatic carboxylic acids is 1. The first kappa shape index (κ1) is 14.6. The van der Waals surface area contributed by atoms with Crippen molar-refractivity contribution in [1.29, 1.82) is 0 Å². The minimum Gasteiger partial charge on any atom is -0.545 e. The molecule has 0 saturated carbocycles.